The van der Waals surface area contributed by atoms with Crippen LogP contribution < -0.4 is 19.6 Å². The fourth-order valence-corrected chi connectivity index (χ4v) is 3.72. The van der Waals surface area contributed by atoms with E-state index < -0.39 is 5.91 Å². The maximum absolute atomic E-state index is 12.4. The Bertz CT molecular complexity index is 1420. The fraction of sp³-hybridized carbons (Fsp3) is 0.172. The monoisotopic (exact) mass is 497 g/mol. The highest BCUT2D eigenvalue weighted by Crippen LogP contribution is 2.27. The molecule has 2 heterocycles. The van der Waals surface area contributed by atoms with Crippen molar-refractivity contribution < 1.29 is 23.4 Å². The number of hydrogen-bond donors (Lipinski definition) is 1. The van der Waals surface area contributed by atoms with E-state index in [0.29, 0.717) is 28.6 Å². The van der Waals surface area contributed by atoms with E-state index in [0.717, 1.165) is 5.69 Å². The molecule has 0 atom stereocenters. The summed E-state index contributed by atoms with van der Waals surface area (Å²) in [7, 11) is 1.53. The zero-order valence-corrected chi connectivity index (χ0v) is 20.9. The average molecular weight is 498 g/mol. The number of carbonyl (C=O) groups excluding carboxylic acids is 1. The third-order valence-electron chi connectivity index (χ3n) is 5.51. The second-order valence-electron chi connectivity index (χ2n) is 8.10. The topological polar surface area (TPSA) is 87.2 Å². The van der Waals surface area contributed by atoms with Gasteiger partial charge in [0.2, 0.25) is 0 Å². The molecule has 4 aromatic rings. The number of hydrogen-bond acceptors (Lipinski definition) is 6. The van der Waals surface area contributed by atoms with Gasteiger partial charge in [-0.15, -0.1) is 6.42 Å². The van der Waals surface area contributed by atoms with Crippen LogP contribution in [0.25, 0.3) is 5.69 Å². The van der Waals surface area contributed by atoms with Gasteiger partial charge in [0.15, 0.2) is 17.3 Å². The van der Waals surface area contributed by atoms with Crippen molar-refractivity contribution in [3.63, 3.8) is 0 Å². The molecule has 0 saturated heterocycles. The van der Waals surface area contributed by atoms with Gasteiger partial charge in [0.1, 0.15) is 24.7 Å². The minimum Gasteiger partial charge on any atom is -0.493 e. The molecule has 0 spiro atoms. The van der Waals surface area contributed by atoms with Crippen LogP contribution in [0.15, 0.2) is 76.2 Å². The maximum Gasteiger partial charge on any atom is 0.307 e. The molecule has 0 bridgehead atoms. The van der Waals surface area contributed by atoms with Crippen molar-refractivity contribution in [1.82, 2.24) is 9.99 Å². The minimum absolute atomic E-state index is 0.125. The molecule has 37 heavy (non-hydrogen) atoms. The van der Waals surface area contributed by atoms with Crippen molar-refractivity contribution in [2.45, 2.75) is 20.5 Å². The van der Waals surface area contributed by atoms with Crippen molar-refractivity contribution in [2.75, 3.05) is 13.7 Å². The average Bonchev–Trinajstić information content (AvgIpc) is 3.53. The molecular formula is C29H27N3O5. The lowest BCUT2D eigenvalue weighted by atomic mass is 10.2. The number of ether oxygens (including phenoxy) is 3. The molecule has 0 saturated carbocycles. The van der Waals surface area contributed by atoms with Gasteiger partial charge in [-0.1, -0.05) is 5.92 Å². The van der Waals surface area contributed by atoms with Gasteiger partial charge in [-0.3, -0.25) is 4.79 Å². The molecule has 0 unspecified atom stereocenters. The Labute approximate surface area is 215 Å². The van der Waals surface area contributed by atoms with Crippen LogP contribution in [0, 0.1) is 26.2 Å². The summed E-state index contributed by atoms with van der Waals surface area (Å²) in [6, 6.07) is 20.5. The number of furan rings is 1. The number of nitrogens with one attached hydrogen (secondary N) is 1. The molecule has 188 valence electrons. The van der Waals surface area contributed by atoms with Crippen LogP contribution in [-0.2, 0) is 6.61 Å². The largest absolute Gasteiger partial charge is 0.493 e. The zero-order chi connectivity index (χ0) is 26.2. The van der Waals surface area contributed by atoms with Crippen LogP contribution in [0.3, 0.4) is 0 Å². The van der Waals surface area contributed by atoms with Gasteiger partial charge in [0.05, 0.1) is 13.3 Å². The van der Waals surface area contributed by atoms with E-state index in [-0.39, 0.29) is 19.0 Å². The van der Waals surface area contributed by atoms with Gasteiger partial charge >= 0.3 is 5.91 Å². The summed E-state index contributed by atoms with van der Waals surface area (Å²) >= 11 is 0. The third-order valence-corrected chi connectivity index (χ3v) is 5.51. The van der Waals surface area contributed by atoms with Crippen LogP contribution in [0.4, 0.5) is 0 Å². The molecule has 0 radical (unpaired) electrons. The van der Waals surface area contributed by atoms with Crippen molar-refractivity contribution >= 4 is 12.1 Å². The highest BCUT2D eigenvalue weighted by Gasteiger charge is 2.11. The van der Waals surface area contributed by atoms with Gasteiger partial charge in [0.25, 0.3) is 0 Å². The molecule has 2 aromatic heterocycles. The summed E-state index contributed by atoms with van der Waals surface area (Å²) in [5, 5.41) is 3.98. The summed E-state index contributed by atoms with van der Waals surface area (Å²) in [4.78, 5) is 12.4. The Morgan fingerprint density at radius 2 is 1.78 bits per heavy atom. The van der Waals surface area contributed by atoms with E-state index in [1.165, 1.54) is 24.7 Å². The number of hydrazone groups is 1. The van der Waals surface area contributed by atoms with Crippen molar-refractivity contribution in [1.29, 1.82) is 0 Å². The number of aryl methyl sites for hydroxylation is 2. The SMILES string of the molecule is C#CCOc1ccc(/C=N/NC(=O)c2ccc(COc3ccc(-n4c(C)ccc4C)cc3)o2)cc1OC. The lowest BCUT2D eigenvalue weighted by Gasteiger charge is -2.10. The van der Waals surface area contributed by atoms with E-state index in [9.17, 15) is 4.79 Å². The second-order valence-corrected chi connectivity index (χ2v) is 8.10. The van der Waals surface area contributed by atoms with Crippen molar-refractivity contribution in [3.8, 4) is 35.3 Å². The van der Waals surface area contributed by atoms with E-state index >= 15 is 0 Å². The summed E-state index contributed by atoms with van der Waals surface area (Å²) in [5.74, 6) is 4.29. The molecule has 8 nitrogen and oxygen atoms in total. The molecule has 8 heteroatoms. The van der Waals surface area contributed by atoms with Crippen LogP contribution in [0.2, 0.25) is 0 Å². The summed E-state index contributed by atoms with van der Waals surface area (Å²) in [5.41, 5.74) is 6.55. The number of methoxy groups -OCH3 is 1. The first-order chi connectivity index (χ1) is 18.0. The van der Waals surface area contributed by atoms with Crippen LogP contribution in [-0.4, -0.2) is 30.4 Å². The number of amides is 1. The quantitative estimate of drug-likeness (QED) is 0.188. The Hall–Kier alpha value is -4.90. The summed E-state index contributed by atoms with van der Waals surface area (Å²) in [6.07, 6.45) is 6.71. The predicted molar refractivity (Wildman–Crippen MR) is 141 cm³/mol. The number of nitrogens with zero attached hydrogens (tertiary/aromatic N) is 2. The first kappa shape index (κ1) is 25.2. The van der Waals surface area contributed by atoms with Crippen LogP contribution in [0.1, 0.15) is 33.3 Å². The highest BCUT2D eigenvalue weighted by molar-refractivity contribution is 5.92. The smallest absolute Gasteiger partial charge is 0.307 e. The minimum atomic E-state index is -0.481. The number of aromatic nitrogens is 1. The van der Waals surface area contributed by atoms with Gasteiger partial charge < -0.3 is 23.2 Å². The standard InChI is InChI=1S/C29H27N3O5/c1-5-16-35-26-14-8-22(17-28(26)34-4)18-30-31-29(33)27-15-13-25(37-27)19-36-24-11-9-23(10-12-24)32-20(2)6-7-21(32)3/h1,6-15,17-18H,16,19H2,2-4H3,(H,31,33)/b30-18+. The van der Waals surface area contributed by atoms with Gasteiger partial charge in [-0.25, -0.2) is 5.43 Å². The number of benzene rings is 2. The van der Waals surface area contributed by atoms with Crippen LogP contribution >= 0.6 is 0 Å². The molecule has 0 aliphatic heterocycles. The van der Waals surface area contributed by atoms with Gasteiger partial charge in [-0.05, 0) is 86.1 Å². The summed E-state index contributed by atoms with van der Waals surface area (Å²) in [6.45, 7) is 4.46. The molecule has 2 aromatic carbocycles. The molecule has 1 amide bonds. The van der Waals surface area contributed by atoms with Crippen LogP contribution in [0.5, 0.6) is 17.2 Å². The first-order valence-corrected chi connectivity index (χ1v) is 11.5. The second kappa shape index (κ2) is 11.7. The normalized spacial score (nSPS) is 10.8. The first-order valence-electron chi connectivity index (χ1n) is 11.5. The zero-order valence-electron chi connectivity index (χ0n) is 20.9. The summed E-state index contributed by atoms with van der Waals surface area (Å²) < 4.78 is 24.3. The van der Waals surface area contributed by atoms with E-state index in [1.54, 1.807) is 30.3 Å². The molecule has 4 rings (SSSR count). The van der Waals surface area contributed by atoms with Gasteiger partial charge in [-0.2, -0.15) is 5.10 Å². The predicted octanol–water partition coefficient (Wildman–Crippen LogP) is 5.05. The Morgan fingerprint density at radius 3 is 2.49 bits per heavy atom. The lowest BCUT2D eigenvalue weighted by Crippen LogP contribution is -2.16. The van der Waals surface area contributed by atoms with E-state index in [2.05, 4.69) is 47.0 Å². The number of terminal acetylenes is 1. The maximum atomic E-state index is 12.4. The molecular weight excluding hydrogens is 470 g/mol. The Balaban J connectivity index is 1.30. The van der Waals surface area contributed by atoms with E-state index in [1.807, 2.05) is 24.3 Å². The Kier molecular flexibility index (Phi) is 7.96. The van der Waals surface area contributed by atoms with Gasteiger partial charge in [0, 0.05) is 17.1 Å². The third kappa shape index (κ3) is 6.21. The number of rotatable bonds is 10. The molecule has 0 aliphatic carbocycles. The van der Waals surface area contributed by atoms with Crippen molar-refractivity contribution in [2.24, 2.45) is 5.10 Å². The number of carbonyl (C=O) groups is 1. The lowest BCUT2D eigenvalue weighted by molar-refractivity contribution is 0.0923. The Morgan fingerprint density at radius 1 is 1.03 bits per heavy atom. The van der Waals surface area contributed by atoms with Crippen molar-refractivity contribution in [3.05, 3.63) is 95.2 Å². The molecule has 1 N–H and O–H groups in total. The van der Waals surface area contributed by atoms with E-state index in [4.69, 9.17) is 25.1 Å². The highest BCUT2D eigenvalue weighted by atomic mass is 16.5. The molecule has 0 fully saturated rings. The molecule has 0 aliphatic rings. The fourth-order valence-electron chi connectivity index (χ4n) is 3.72.